The lowest BCUT2D eigenvalue weighted by molar-refractivity contribution is 0.881. The van der Waals surface area contributed by atoms with Gasteiger partial charge in [0.05, 0.1) is 0 Å². The third-order valence-electron chi connectivity index (χ3n) is 14.2. The lowest BCUT2D eigenvalue weighted by atomic mass is 9.92. The van der Waals surface area contributed by atoms with Crippen LogP contribution in [-0.4, -0.2) is 5.25 Å². The van der Waals surface area contributed by atoms with Crippen LogP contribution < -0.4 is 9.80 Å². The highest BCUT2D eigenvalue weighted by molar-refractivity contribution is 8.00. The van der Waals surface area contributed by atoms with Crippen LogP contribution in [0.4, 0.5) is 34.1 Å². The third-order valence-corrected chi connectivity index (χ3v) is 15.5. The zero-order valence-corrected chi connectivity index (χ0v) is 39.8. The van der Waals surface area contributed by atoms with Gasteiger partial charge in [0.1, 0.15) is 0 Å². The van der Waals surface area contributed by atoms with E-state index < -0.39 is 0 Å². The van der Waals surface area contributed by atoms with Crippen molar-refractivity contribution in [1.29, 1.82) is 0 Å². The molecule has 0 spiro atoms. The zero-order chi connectivity index (χ0) is 47.1. The molecular weight excluding hydrogens is 877 g/mol. The zero-order valence-electron chi connectivity index (χ0n) is 39.0. The maximum absolute atomic E-state index is 2.47. The monoisotopic (exact) mass is 924 g/mol. The maximum atomic E-state index is 2.47. The molecule has 2 atom stereocenters. The Morgan fingerprint density at radius 3 is 1.28 bits per heavy atom. The second-order valence-corrected chi connectivity index (χ2v) is 19.7. The highest BCUT2D eigenvalue weighted by Crippen LogP contribution is 2.51. The Hall–Kier alpha value is -8.63. The fraction of sp³-hybridized carbons (Fsp3) is 0.0294. The summed E-state index contributed by atoms with van der Waals surface area (Å²) in [6, 6.07) is 93.5. The topological polar surface area (TPSA) is 6.48 Å². The molecule has 0 amide bonds. The van der Waals surface area contributed by atoms with Crippen molar-refractivity contribution < 1.29 is 0 Å². The summed E-state index contributed by atoms with van der Waals surface area (Å²) in [6.45, 7) is 0. The third kappa shape index (κ3) is 8.10. The van der Waals surface area contributed by atoms with E-state index in [1.54, 1.807) is 0 Å². The standard InChI is InChI=1S/C68H48N2S/c1-4-16-47(17-5-1)50-28-34-55(35-29-50)69(56-36-30-51(31-37-56)48-18-6-2-7-19-48)59-42-54(66-44-53-22-10-11-23-61(53)62-24-12-13-25-63(62)66)43-60(45-59)70(57-38-32-52(33-39-57)49-20-8-3-9-21-49)58-40-41-65-64-26-14-15-27-67(64)71-68(65)46-58/h1-46,64,67H. The molecule has 2 unspecified atom stereocenters. The number of hydrogen-bond donors (Lipinski definition) is 0. The molecule has 2 aliphatic rings. The molecule has 1 aliphatic heterocycles. The first-order chi connectivity index (χ1) is 35.2. The van der Waals surface area contributed by atoms with Crippen LogP contribution in [0.3, 0.4) is 0 Å². The molecule has 0 N–H and O–H groups in total. The Labute approximate surface area is 420 Å². The van der Waals surface area contributed by atoms with Crippen molar-refractivity contribution >= 4 is 67.4 Å². The first kappa shape index (κ1) is 42.5. The summed E-state index contributed by atoms with van der Waals surface area (Å²) in [4.78, 5) is 6.22. The van der Waals surface area contributed by atoms with Crippen LogP contribution in [0.25, 0.3) is 66.1 Å². The second-order valence-electron chi connectivity index (χ2n) is 18.4. The van der Waals surface area contributed by atoms with Crippen molar-refractivity contribution in [2.75, 3.05) is 9.80 Å². The van der Waals surface area contributed by atoms with E-state index in [0.29, 0.717) is 11.2 Å². The predicted molar refractivity (Wildman–Crippen MR) is 303 cm³/mol. The average Bonchev–Trinajstić information content (AvgIpc) is 3.82. The number of fused-ring (bicyclic) bond motifs is 6. The molecule has 11 aromatic rings. The molecule has 336 valence electrons. The molecular formula is C68H48N2S. The van der Waals surface area contributed by atoms with Gasteiger partial charge < -0.3 is 9.80 Å². The molecule has 13 rings (SSSR count). The molecule has 71 heavy (non-hydrogen) atoms. The minimum absolute atomic E-state index is 0.374. The van der Waals surface area contributed by atoms with Crippen molar-refractivity contribution in [2.24, 2.45) is 0 Å². The smallest absolute Gasteiger partial charge is 0.0488 e. The Balaban J connectivity index is 1.05. The molecule has 0 radical (unpaired) electrons. The van der Waals surface area contributed by atoms with Crippen LogP contribution in [0, 0.1) is 0 Å². The van der Waals surface area contributed by atoms with Crippen LogP contribution in [-0.2, 0) is 0 Å². The van der Waals surface area contributed by atoms with E-state index in [4.69, 9.17) is 0 Å². The first-order valence-electron chi connectivity index (χ1n) is 24.5. The second kappa shape index (κ2) is 18.4. The molecule has 0 bridgehead atoms. The molecule has 11 aromatic carbocycles. The summed E-state index contributed by atoms with van der Waals surface area (Å²) in [5.41, 5.74) is 17.3. The quantitative estimate of drug-likeness (QED) is 0.126. The normalized spacial score (nSPS) is 14.6. The van der Waals surface area contributed by atoms with E-state index in [9.17, 15) is 0 Å². The minimum atomic E-state index is 0.374. The van der Waals surface area contributed by atoms with Gasteiger partial charge in [-0.05, 0) is 144 Å². The summed E-state index contributed by atoms with van der Waals surface area (Å²) in [5, 5.41) is 5.33. The largest absolute Gasteiger partial charge is 0.310 e. The lowest BCUT2D eigenvalue weighted by Crippen LogP contribution is -2.14. The highest BCUT2D eigenvalue weighted by Gasteiger charge is 2.32. The minimum Gasteiger partial charge on any atom is -0.310 e. The molecule has 0 fully saturated rings. The summed E-state index contributed by atoms with van der Waals surface area (Å²) in [7, 11) is 0. The number of thioether (sulfide) groups is 1. The van der Waals surface area contributed by atoms with E-state index in [1.165, 1.54) is 70.9 Å². The van der Waals surface area contributed by atoms with Gasteiger partial charge in [-0.1, -0.05) is 206 Å². The van der Waals surface area contributed by atoms with Crippen molar-refractivity contribution in [3.63, 3.8) is 0 Å². The van der Waals surface area contributed by atoms with Gasteiger partial charge in [-0.2, -0.15) is 0 Å². The Morgan fingerprint density at radius 2 is 0.732 bits per heavy atom. The molecule has 0 saturated carbocycles. The Bertz CT molecular complexity index is 3690. The average molecular weight is 925 g/mol. The van der Waals surface area contributed by atoms with E-state index >= 15 is 0 Å². The number of benzene rings is 11. The van der Waals surface area contributed by atoms with Gasteiger partial charge in [0, 0.05) is 50.2 Å². The van der Waals surface area contributed by atoms with E-state index in [2.05, 4.69) is 289 Å². The van der Waals surface area contributed by atoms with Gasteiger partial charge in [-0.15, -0.1) is 11.8 Å². The van der Waals surface area contributed by atoms with Crippen LogP contribution in [0.5, 0.6) is 0 Å². The van der Waals surface area contributed by atoms with Crippen molar-refractivity contribution in [2.45, 2.75) is 16.1 Å². The molecule has 0 aromatic heterocycles. The predicted octanol–water partition coefficient (Wildman–Crippen LogP) is 19.3. The van der Waals surface area contributed by atoms with E-state index in [0.717, 1.165) is 39.7 Å². The van der Waals surface area contributed by atoms with Gasteiger partial charge >= 0.3 is 0 Å². The molecule has 1 aliphatic carbocycles. The van der Waals surface area contributed by atoms with Crippen LogP contribution in [0.2, 0.25) is 0 Å². The Kier molecular flexibility index (Phi) is 11.0. The van der Waals surface area contributed by atoms with E-state index in [-0.39, 0.29) is 0 Å². The highest BCUT2D eigenvalue weighted by atomic mass is 32.2. The van der Waals surface area contributed by atoms with Gasteiger partial charge in [0.15, 0.2) is 0 Å². The van der Waals surface area contributed by atoms with Crippen molar-refractivity contribution in [3.8, 4) is 44.5 Å². The van der Waals surface area contributed by atoms with Crippen molar-refractivity contribution in [3.05, 3.63) is 285 Å². The lowest BCUT2D eigenvalue weighted by Gasteiger charge is -2.31. The first-order valence-corrected chi connectivity index (χ1v) is 25.3. The fourth-order valence-electron chi connectivity index (χ4n) is 10.7. The SMILES string of the molecule is C1=CC2Sc3cc(N(c4ccc(-c5ccccc5)cc4)c4cc(-c5cc6ccccc6c6ccccc56)cc(N(c5ccc(-c6ccccc6)cc5)c5ccc(-c6ccccc6)cc5)c4)ccc3C2C=C1. The van der Waals surface area contributed by atoms with Gasteiger partial charge in [0.25, 0.3) is 0 Å². The van der Waals surface area contributed by atoms with Crippen LogP contribution >= 0.6 is 11.8 Å². The maximum Gasteiger partial charge on any atom is 0.0488 e. The number of hydrogen-bond acceptors (Lipinski definition) is 3. The summed E-state index contributed by atoms with van der Waals surface area (Å²) < 4.78 is 0. The molecule has 2 nitrogen and oxygen atoms in total. The molecule has 3 heteroatoms. The van der Waals surface area contributed by atoms with E-state index in [1.807, 2.05) is 11.8 Å². The molecule has 0 saturated heterocycles. The summed E-state index contributed by atoms with van der Waals surface area (Å²) >= 11 is 1.97. The summed E-state index contributed by atoms with van der Waals surface area (Å²) in [6.07, 6.45) is 9.11. The molecule has 1 heterocycles. The summed E-state index contributed by atoms with van der Waals surface area (Å²) in [5.74, 6) is 0.374. The van der Waals surface area contributed by atoms with Gasteiger partial charge in [0.2, 0.25) is 0 Å². The van der Waals surface area contributed by atoms with Gasteiger partial charge in [-0.3, -0.25) is 0 Å². The number of nitrogens with zero attached hydrogens (tertiary/aromatic N) is 2. The number of rotatable bonds is 10. The van der Waals surface area contributed by atoms with Crippen molar-refractivity contribution in [1.82, 2.24) is 0 Å². The van der Waals surface area contributed by atoms with Gasteiger partial charge in [-0.25, -0.2) is 0 Å². The fourth-order valence-corrected chi connectivity index (χ4v) is 12.0. The van der Waals surface area contributed by atoms with Crippen LogP contribution in [0.1, 0.15) is 11.5 Å². The van der Waals surface area contributed by atoms with Crippen LogP contribution in [0.15, 0.2) is 284 Å². The number of allylic oxidation sites excluding steroid dienone is 3. The number of anilines is 6. The Morgan fingerprint density at radius 1 is 0.296 bits per heavy atom.